The molecule has 0 aromatic heterocycles. The molecule has 1 saturated heterocycles. The number of hydrogen-bond acceptors (Lipinski definition) is 3. The summed E-state index contributed by atoms with van der Waals surface area (Å²) >= 11 is 0. The molecule has 16 heavy (non-hydrogen) atoms. The smallest absolute Gasteiger partial charge is 0.0593 e. The number of ether oxygens (including phenoxy) is 1. The largest absolute Gasteiger partial charge is 0.380 e. The molecule has 0 radical (unpaired) electrons. The van der Waals surface area contributed by atoms with Crippen molar-refractivity contribution in [2.24, 2.45) is 0 Å². The standard InChI is InChI=1S/C13H28N2O/c1-2-3-4-5-6-12-16-13-11-15-9-7-14-8-10-15/h14H,2-13H2,1H3. The Kier molecular flexibility index (Phi) is 8.77. The molecule has 0 aliphatic carbocycles. The molecular weight excluding hydrogens is 200 g/mol. The van der Waals surface area contributed by atoms with Crippen LogP contribution in [0.1, 0.15) is 39.0 Å². The van der Waals surface area contributed by atoms with Crippen molar-refractivity contribution < 1.29 is 4.74 Å². The van der Waals surface area contributed by atoms with Crippen LogP contribution < -0.4 is 5.32 Å². The Hall–Kier alpha value is -0.120. The summed E-state index contributed by atoms with van der Waals surface area (Å²) in [5.41, 5.74) is 0. The predicted molar refractivity (Wildman–Crippen MR) is 68.9 cm³/mol. The van der Waals surface area contributed by atoms with Crippen LogP contribution in [0.15, 0.2) is 0 Å². The second kappa shape index (κ2) is 10.1. The van der Waals surface area contributed by atoms with Gasteiger partial charge in [-0.25, -0.2) is 0 Å². The van der Waals surface area contributed by atoms with E-state index in [1.807, 2.05) is 0 Å². The van der Waals surface area contributed by atoms with E-state index in [-0.39, 0.29) is 0 Å². The van der Waals surface area contributed by atoms with E-state index >= 15 is 0 Å². The molecule has 0 unspecified atom stereocenters. The fourth-order valence-corrected chi connectivity index (χ4v) is 2.04. The number of piperazine rings is 1. The van der Waals surface area contributed by atoms with Crippen molar-refractivity contribution in [3.63, 3.8) is 0 Å². The molecule has 3 nitrogen and oxygen atoms in total. The maximum Gasteiger partial charge on any atom is 0.0593 e. The van der Waals surface area contributed by atoms with E-state index in [9.17, 15) is 0 Å². The predicted octanol–water partition coefficient (Wildman–Crippen LogP) is 1.88. The fourth-order valence-electron chi connectivity index (χ4n) is 2.04. The Balaban J connectivity index is 1.77. The van der Waals surface area contributed by atoms with Crippen LogP contribution in [-0.4, -0.2) is 50.8 Å². The normalized spacial score (nSPS) is 17.8. The van der Waals surface area contributed by atoms with Gasteiger partial charge in [0.15, 0.2) is 0 Å². The Morgan fingerprint density at radius 2 is 1.75 bits per heavy atom. The first kappa shape index (κ1) is 13.9. The molecule has 1 aliphatic heterocycles. The van der Waals surface area contributed by atoms with E-state index in [2.05, 4.69) is 17.1 Å². The molecule has 0 amide bonds. The van der Waals surface area contributed by atoms with Crippen molar-refractivity contribution in [1.29, 1.82) is 0 Å². The molecule has 1 rings (SSSR count). The van der Waals surface area contributed by atoms with Crippen molar-refractivity contribution in [1.82, 2.24) is 10.2 Å². The van der Waals surface area contributed by atoms with Crippen molar-refractivity contribution in [3.8, 4) is 0 Å². The van der Waals surface area contributed by atoms with E-state index in [1.54, 1.807) is 0 Å². The molecule has 1 N–H and O–H groups in total. The molecule has 0 aromatic rings. The molecule has 0 bridgehead atoms. The highest BCUT2D eigenvalue weighted by atomic mass is 16.5. The molecule has 0 saturated carbocycles. The molecular formula is C13H28N2O. The van der Waals surface area contributed by atoms with Gasteiger partial charge in [-0.1, -0.05) is 32.6 Å². The van der Waals surface area contributed by atoms with Gasteiger partial charge >= 0.3 is 0 Å². The van der Waals surface area contributed by atoms with E-state index in [0.717, 1.165) is 32.8 Å². The third-order valence-corrected chi connectivity index (χ3v) is 3.15. The maximum absolute atomic E-state index is 5.65. The molecule has 96 valence electrons. The summed E-state index contributed by atoms with van der Waals surface area (Å²) in [5, 5.41) is 3.36. The first-order chi connectivity index (χ1) is 7.93. The minimum Gasteiger partial charge on any atom is -0.380 e. The first-order valence-electron chi connectivity index (χ1n) is 6.94. The summed E-state index contributed by atoms with van der Waals surface area (Å²) in [6, 6.07) is 0. The Morgan fingerprint density at radius 1 is 1.00 bits per heavy atom. The minimum absolute atomic E-state index is 0.910. The highest BCUT2D eigenvalue weighted by Gasteiger charge is 2.07. The lowest BCUT2D eigenvalue weighted by atomic mass is 10.2. The van der Waals surface area contributed by atoms with Crippen LogP contribution in [0.25, 0.3) is 0 Å². The number of hydrogen-bond donors (Lipinski definition) is 1. The van der Waals surface area contributed by atoms with Gasteiger partial charge in [0.2, 0.25) is 0 Å². The third-order valence-electron chi connectivity index (χ3n) is 3.15. The summed E-state index contributed by atoms with van der Waals surface area (Å²) in [4.78, 5) is 2.48. The highest BCUT2D eigenvalue weighted by Crippen LogP contribution is 2.02. The number of nitrogens with zero attached hydrogens (tertiary/aromatic N) is 1. The summed E-state index contributed by atoms with van der Waals surface area (Å²) in [6.45, 7) is 9.86. The van der Waals surface area contributed by atoms with Gasteiger partial charge in [-0.2, -0.15) is 0 Å². The quantitative estimate of drug-likeness (QED) is 0.610. The average Bonchev–Trinajstić information content (AvgIpc) is 2.34. The van der Waals surface area contributed by atoms with Gasteiger partial charge in [0.25, 0.3) is 0 Å². The van der Waals surface area contributed by atoms with Gasteiger partial charge < -0.3 is 10.1 Å². The van der Waals surface area contributed by atoms with Gasteiger partial charge in [0.05, 0.1) is 6.61 Å². The van der Waals surface area contributed by atoms with Crippen LogP contribution in [0.4, 0.5) is 0 Å². The van der Waals surface area contributed by atoms with Crippen LogP contribution in [0.5, 0.6) is 0 Å². The minimum atomic E-state index is 0.910. The Morgan fingerprint density at radius 3 is 2.50 bits per heavy atom. The van der Waals surface area contributed by atoms with Gasteiger partial charge in [0, 0.05) is 39.3 Å². The Labute approximate surface area is 101 Å². The van der Waals surface area contributed by atoms with Crippen LogP contribution >= 0.6 is 0 Å². The lowest BCUT2D eigenvalue weighted by molar-refractivity contribution is 0.0962. The highest BCUT2D eigenvalue weighted by molar-refractivity contribution is 4.66. The zero-order valence-electron chi connectivity index (χ0n) is 10.8. The van der Waals surface area contributed by atoms with Gasteiger partial charge in [0.1, 0.15) is 0 Å². The molecule has 0 aromatic carbocycles. The molecule has 1 heterocycles. The summed E-state index contributed by atoms with van der Waals surface area (Å²) in [5.74, 6) is 0. The Bertz CT molecular complexity index is 147. The van der Waals surface area contributed by atoms with Gasteiger partial charge in [-0.15, -0.1) is 0 Å². The van der Waals surface area contributed by atoms with Crippen molar-refractivity contribution >= 4 is 0 Å². The number of rotatable bonds is 9. The molecule has 1 fully saturated rings. The first-order valence-corrected chi connectivity index (χ1v) is 6.94. The van der Waals surface area contributed by atoms with Gasteiger partial charge in [-0.05, 0) is 6.42 Å². The van der Waals surface area contributed by atoms with Crippen LogP contribution in [-0.2, 0) is 4.74 Å². The monoisotopic (exact) mass is 228 g/mol. The van der Waals surface area contributed by atoms with Crippen LogP contribution in [0, 0.1) is 0 Å². The molecule has 1 aliphatic rings. The van der Waals surface area contributed by atoms with Crippen molar-refractivity contribution in [2.75, 3.05) is 45.9 Å². The van der Waals surface area contributed by atoms with E-state index in [0.29, 0.717) is 0 Å². The zero-order chi connectivity index (χ0) is 11.5. The lowest BCUT2D eigenvalue weighted by Gasteiger charge is -2.26. The topological polar surface area (TPSA) is 24.5 Å². The lowest BCUT2D eigenvalue weighted by Crippen LogP contribution is -2.44. The zero-order valence-corrected chi connectivity index (χ0v) is 10.8. The number of nitrogens with one attached hydrogen (secondary N) is 1. The summed E-state index contributed by atoms with van der Waals surface area (Å²) in [6.07, 6.45) is 6.64. The average molecular weight is 228 g/mol. The SMILES string of the molecule is CCCCCCCOCCN1CCNCC1. The van der Waals surface area contributed by atoms with Crippen LogP contribution in [0.3, 0.4) is 0 Å². The summed E-state index contributed by atoms with van der Waals surface area (Å²) < 4.78 is 5.65. The van der Waals surface area contributed by atoms with Crippen LogP contribution in [0.2, 0.25) is 0 Å². The van der Waals surface area contributed by atoms with E-state index in [4.69, 9.17) is 4.74 Å². The molecule has 3 heteroatoms. The second-order valence-corrected chi connectivity index (χ2v) is 4.62. The van der Waals surface area contributed by atoms with Crippen molar-refractivity contribution in [3.05, 3.63) is 0 Å². The molecule has 0 atom stereocenters. The molecule has 0 spiro atoms. The maximum atomic E-state index is 5.65. The van der Waals surface area contributed by atoms with Gasteiger partial charge in [-0.3, -0.25) is 4.90 Å². The van der Waals surface area contributed by atoms with E-state index < -0.39 is 0 Å². The van der Waals surface area contributed by atoms with Crippen molar-refractivity contribution in [2.45, 2.75) is 39.0 Å². The number of unbranched alkanes of at least 4 members (excludes halogenated alkanes) is 4. The fraction of sp³-hybridized carbons (Fsp3) is 1.00. The summed E-state index contributed by atoms with van der Waals surface area (Å²) in [7, 11) is 0. The third kappa shape index (κ3) is 7.20. The van der Waals surface area contributed by atoms with E-state index in [1.165, 1.54) is 45.2 Å². The second-order valence-electron chi connectivity index (χ2n) is 4.62.